The number of aryl methyl sites for hydroxylation is 1. The van der Waals surface area contributed by atoms with Crippen LogP contribution >= 0.6 is 11.6 Å². The summed E-state index contributed by atoms with van der Waals surface area (Å²) in [5, 5.41) is 4.63. The lowest BCUT2D eigenvalue weighted by Crippen LogP contribution is -2.12. The smallest absolute Gasteiger partial charge is 0.311 e. The first-order valence-corrected chi connectivity index (χ1v) is 11.9. The van der Waals surface area contributed by atoms with E-state index in [9.17, 15) is 9.59 Å². The topological polar surface area (TPSA) is 78.6 Å². The van der Waals surface area contributed by atoms with Crippen molar-refractivity contribution < 1.29 is 23.6 Å². The summed E-state index contributed by atoms with van der Waals surface area (Å²) in [7, 11) is 1.38. The lowest BCUT2D eigenvalue weighted by Gasteiger charge is -2.15. The van der Waals surface area contributed by atoms with Crippen molar-refractivity contribution in [2.45, 2.75) is 32.8 Å². The number of carbonyl (C=O) groups is 2. The number of nitrogens with zero attached hydrogens (tertiary/aromatic N) is 1. The summed E-state index contributed by atoms with van der Waals surface area (Å²) in [6.45, 7) is 3.60. The van der Waals surface area contributed by atoms with Gasteiger partial charge in [-0.15, -0.1) is 0 Å². The van der Waals surface area contributed by atoms with Gasteiger partial charge < -0.3 is 14.0 Å². The molecule has 4 aromatic rings. The summed E-state index contributed by atoms with van der Waals surface area (Å²) >= 11 is 6.23. The van der Waals surface area contributed by atoms with Gasteiger partial charge in [0.2, 0.25) is 0 Å². The van der Waals surface area contributed by atoms with E-state index in [4.69, 9.17) is 25.6 Å². The van der Waals surface area contributed by atoms with Crippen molar-refractivity contribution in [2.24, 2.45) is 0 Å². The molecule has 1 unspecified atom stereocenters. The van der Waals surface area contributed by atoms with E-state index in [2.05, 4.69) is 5.16 Å². The third kappa shape index (κ3) is 5.83. The standard InChI is InChI=1S/C29H26ClNO5/c1-18-25(17-28(33)35-19(2)24-6-4-5-7-26(24)30)29(36-31-18)23-14-12-22(13-15-23)21-10-8-20(9-11-21)16-27(32)34-3/h4-15,19H,16-17H2,1-3H3. The Hall–Kier alpha value is -3.90. The van der Waals surface area contributed by atoms with Gasteiger partial charge in [0.15, 0.2) is 5.76 Å². The molecule has 0 aliphatic heterocycles. The van der Waals surface area contributed by atoms with E-state index in [-0.39, 0.29) is 18.8 Å². The number of halogens is 1. The van der Waals surface area contributed by atoms with Crippen molar-refractivity contribution in [3.8, 4) is 22.5 Å². The number of hydrogen-bond acceptors (Lipinski definition) is 6. The van der Waals surface area contributed by atoms with E-state index in [0.717, 1.165) is 27.8 Å². The highest BCUT2D eigenvalue weighted by Crippen LogP contribution is 2.31. The SMILES string of the molecule is COC(=O)Cc1ccc(-c2ccc(-c3onc(C)c3CC(=O)OC(C)c3ccccc3Cl)cc2)cc1. The highest BCUT2D eigenvalue weighted by atomic mass is 35.5. The third-order valence-corrected chi connectivity index (χ3v) is 6.31. The molecule has 0 saturated carbocycles. The van der Waals surface area contributed by atoms with Crippen LogP contribution in [-0.4, -0.2) is 24.2 Å². The lowest BCUT2D eigenvalue weighted by molar-refractivity contribution is -0.147. The highest BCUT2D eigenvalue weighted by molar-refractivity contribution is 6.31. The molecule has 1 atom stereocenters. The molecule has 0 spiro atoms. The third-order valence-electron chi connectivity index (χ3n) is 5.97. The molecule has 184 valence electrons. The molecule has 0 aliphatic rings. The molecular weight excluding hydrogens is 478 g/mol. The summed E-state index contributed by atoms with van der Waals surface area (Å²) in [5.41, 5.74) is 5.80. The molecule has 1 heterocycles. The van der Waals surface area contributed by atoms with Crippen molar-refractivity contribution in [1.29, 1.82) is 0 Å². The molecule has 4 rings (SSSR count). The zero-order valence-electron chi connectivity index (χ0n) is 20.3. The van der Waals surface area contributed by atoms with Gasteiger partial charge >= 0.3 is 11.9 Å². The Morgan fingerprint density at radius 1 is 0.889 bits per heavy atom. The minimum atomic E-state index is -0.479. The fourth-order valence-electron chi connectivity index (χ4n) is 3.94. The van der Waals surface area contributed by atoms with Crippen molar-refractivity contribution in [2.75, 3.05) is 7.11 Å². The van der Waals surface area contributed by atoms with Crippen LogP contribution in [0.2, 0.25) is 5.02 Å². The summed E-state index contributed by atoms with van der Waals surface area (Å²) in [6.07, 6.45) is -0.209. The van der Waals surface area contributed by atoms with E-state index in [1.54, 1.807) is 19.9 Å². The maximum absolute atomic E-state index is 12.7. The molecule has 0 bridgehead atoms. The van der Waals surface area contributed by atoms with E-state index in [1.165, 1.54) is 7.11 Å². The Bertz CT molecular complexity index is 1360. The van der Waals surface area contributed by atoms with Gasteiger partial charge in [0, 0.05) is 21.7 Å². The van der Waals surface area contributed by atoms with Gasteiger partial charge in [0.1, 0.15) is 6.10 Å². The van der Waals surface area contributed by atoms with Crippen LogP contribution < -0.4 is 0 Å². The molecule has 0 amide bonds. The highest BCUT2D eigenvalue weighted by Gasteiger charge is 2.21. The van der Waals surface area contributed by atoms with Gasteiger partial charge in [-0.05, 0) is 36.6 Å². The molecule has 6 nitrogen and oxygen atoms in total. The molecule has 7 heteroatoms. The van der Waals surface area contributed by atoms with Gasteiger partial charge in [-0.2, -0.15) is 0 Å². The second-order valence-electron chi connectivity index (χ2n) is 8.43. The zero-order valence-corrected chi connectivity index (χ0v) is 21.0. The molecule has 0 radical (unpaired) electrons. The van der Waals surface area contributed by atoms with Crippen molar-refractivity contribution in [3.63, 3.8) is 0 Å². The monoisotopic (exact) mass is 503 g/mol. The quantitative estimate of drug-likeness (QED) is 0.254. The molecule has 0 aliphatic carbocycles. The van der Waals surface area contributed by atoms with Crippen LogP contribution in [0.3, 0.4) is 0 Å². The van der Waals surface area contributed by atoms with Gasteiger partial charge in [0.25, 0.3) is 0 Å². The number of rotatable bonds is 8. The second-order valence-corrected chi connectivity index (χ2v) is 8.84. The molecule has 1 aromatic heterocycles. The van der Waals surface area contributed by atoms with E-state index in [1.807, 2.05) is 66.7 Å². The second kappa shape index (κ2) is 11.2. The van der Waals surface area contributed by atoms with Gasteiger partial charge in [-0.3, -0.25) is 9.59 Å². The normalized spacial score (nSPS) is 11.7. The predicted molar refractivity (Wildman–Crippen MR) is 137 cm³/mol. The Morgan fingerprint density at radius 3 is 2.14 bits per heavy atom. The maximum Gasteiger partial charge on any atom is 0.311 e. The summed E-state index contributed by atoms with van der Waals surface area (Å²) in [4.78, 5) is 24.2. The summed E-state index contributed by atoms with van der Waals surface area (Å²) in [6, 6.07) is 22.9. The molecule has 36 heavy (non-hydrogen) atoms. The van der Waals surface area contributed by atoms with Crippen molar-refractivity contribution in [1.82, 2.24) is 5.16 Å². The number of hydrogen-bond donors (Lipinski definition) is 0. The Morgan fingerprint density at radius 2 is 1.50 bits per heavy atom. The first-order valence-electron chi connectivity index (χ1n) is 11.5. The lowest BCUT2D eigenvalue weighted by atomic mass is 9.99. The van der Waals surface area contributed by atoms with Crippen LogP contribution in [-0.2, 0) is 31.9 Å². The van der Waals surface area contributed by atoms with Crippen LogP contribution in [0.25, 0.3) is 22.5 Å². The number of methoxy groups -OCH3 is 1. The first kappa shape index (κ1) is 25.2. The average Bonchev–Trinajstić information content (AvgIpc) is 3.24. The number of benzene rings is 3. The van der Waals surface area contributed by atoms with Crippen LogP contribution in [0.1, 0.15) is 35.4 Å². The predicted octanol–water partition coefficient (Wildman–Crippen LogP) is 6.53. The first-order chi connectivity index (χ1) is 17.4. The fourth-order valence-corrected chi connectivity index (χ4v) is 4.23. The Kier molecular flexibility index (Phi) is 7.86. The Labute approximate surface area is 214 Å². The number of ether oxygens (including phenoxy) is 2. The fraction of sp³-hybridized carbons (Fsp3) is 0.207. The van der Waals surface area contributed by atoms with Gasteiger partial charge in [-0.25, -0.2) is 0 Å². The van der Waals surface area contributed by atoms with Gasteiger partial charge in [-0.1, -0.05) is 83.5 Å². The largest absolute Gasteiger partial charge is 0.469 e. The summed E-state index contributed by atoms with van der Waals surface area (Å²) < 4.78 is 15.9. The van der Waals surface area contributed by atoms with Crippen LogP contribution in [0, 0.1) is 6.92 Å². The van der Waals surface area contributed by atoms with Gasteiger partial charge in [0.05, 0.1) is 25.6 Å². The van der Waals surface area contributed by atoms with E-state index >= 15 is 0 Å². The van der Waals surface area contributed by atoms with E-state index < -0.39 is 12.1 Å². The molecular formula is C29H26ClNO5. The number of esters is 2. The van der Waals surface area contributed by atoms with E-state index in [0.29, 0.717) is 22.0 Å². The molecule has 0 N–H and O–H groups in total. The summed E-state index contributed by atoms with van der Waals surface area (Å²) in [5.74, 6) is -0.124. The maximum atomic E-state index is 12.7. The number of carbonyl (C=O) groups excluding carboxylic acids is 2. The minimum absolute atomic E-state index is 0.0306. The van der Waals surface area contributed by atoms with Crippen LogP contribution in [0.15, 0.2) is 77.3 Å². The average molecular weight is 504 g/mol. The molecule has 3 aromatic carbocycles. The number of aromatic nitrogens is 1. The van der Waals surface area contributed by atoms with Crippen LogP contribution in [0.5, 0.6) is 0 Å². The molecule has 0 fully saturated rings. The minimum Gasteiger partial charge on any atom is -0.469 e. The molecule has 0 saturated heterocycles. The zero-order chi connectivity index (χ0) is 25.7. The van der Waals surface area contributed by atoms with Crippen molar-refractivity contribution >= 4 is 23.5 Å². The van der Waals surface area contributed by atoms with Crippen LogP contribution in [0.4, 0.5) is 0 Å². The van der Waals surface area contributed by atoms with Crippen molar-refractivity contribution in [3.05, 3.63) is 100 Å². The Balaban J connectivity index is 1.47.